The van der Waals surface area contributed by atoms with Crippen molar-refractivity contribution in [1.82, 2.24) is 14.5 Å². The Morgan fingerprint density at radius 1 is 1.07 bits per heavy atom. The maximum absolute atomic E-state index is 12.7. The highest BCUT2D eigenvalue weighted by Gasteiger charge is 2.38. The van der Waals surface area contributed by atoms with Crippen molar-refractivity contribution in [2.45, 2.75) is 45.2 Å². The normalized spacial score (nSPS) is 17.0. The van der Waals surface area contributed by atoms with Gasteiger partial charge in [-0.05, 0) is 45.0 Å². The summed E-state index contributed by atoms with van der Waals surface area (Å²) in [7, 11) is 1.64. The third-order valence-corrected chi connectivity index (χ3v) is 5.63. The topological polar surface area (TPSA) is 56.6 Å². The Morgan fingerprint density at radius 2 is 1.77 bits per heavy atom. The van der Waals surface area contributed by atoms with Crippen LogP contribution in [0.2, 0.25) is 0 Å². The van der Waals surface area contributed by atoms with Gasteiger partial charge in [-0.1, -0.05) is 24.3 Å². The number of para-hydroxylation sites is 4. The van der Waals surface area contributed by atoms with Crippen LogP contribution >= 0.6 is 0 Å². The molecule has 4 rings (SSSR count). The van der Waals surface area contributed by atoms with E-state index in [1.165, 1.54) is 0 Å². The molecule has 1 aliphatic rings. The third-order valence-electron chi connectivity index (χ3n) is 5.63. The summed E-state index contributed by atoms with van der Waals surface area (Å²) < 4.78 is 13.6. The van der Waals surface area contributed by atoms with Crippen molar-refractivity contribution < 1.29 is 14.3 Å². The summed E-state index contributed by atoms with van der Waals surface area (Å²) in [6.07, 6.45) is 0.494. The van der Waals surface area contributed by atoms with E-state index in [2.05, 4.69) is 31.4 Å². The van der Waals surface area contributed by atoms with Gasteiger partial charge in [0.25, 0.3) is 0 Å². The Hall–Kier alpha value is -3.02. The van der Waals surface area contributed by atoms with E-state index in [0.29, 0.717) is 26.1 Å². The van der Waals surface area contributed by atoms with E-state index in [1.54, 1.807) is 7.11 Å². The van der Waals surface area contributed by atoms with Crippen molar-refractivity contribution in [3.8, 4) is 11.5 Å². The number of likely N-dealkylation sites (tertiary alicyclic amines) is 1. The van der Waals surface area contributed by atoms with Gasteiger partial charge in [-0.25, -0.2) is 4.98 Å². The molecule has 0 saturated carbocycles. The predicted octanol–water partition coefficient (Wildman–Crippen LogP) is 4.24. The number of benzene rings is 2. The summed E-state index contributed by atoms with van der Waals surface area (Å²) >= 11 is 0. The summed E-state index contributed by atoms with van der Waals surface area (Å²) in [5.74, 6) is 2.67. The number of amides is 1. The number of carbonyl (C=O) groups excluding carboxylic acids is 1. The van der Waals surface area contributed by atoms with Crippen LogP contribution in [0.4, 0.5) is 0 Å². The monoisotopic (exact) mass is 407 g/mol. The van der Waals surface area contributed by atoms with E-state index in [4.69, 9.17) is 14.5 Å². The summed E-state index contributed by atoms with van der Waals surface area (Å²) in [4.78, 5) is 19.5. The first-order chi connectivity index (χ1) is 14.4. The van der Waals surface area contributed by atoms with Crippen molar-refractivity contribution in [3.05, 3.63) is 54.4 Å². The molecule has 2 heterocycles. The highest BCUT2D eigenvalue weighted by molar-refractivity contribution is 5.81. The molecule has 1 amide bonds. The molecule has 1 saturated heterocycles. The average molecular weight is 408 g/mol. The van der Waals surface area contributed by atoms with Gasteiger partial charge in [0.2, 0.25) is 5.91 Å². The maximum atomic E-state index is 12.7. The van der Waals surface area contributed by atoms with Crippen molar-refractivity contribution in [3.63, 3.8) is 0 Å². The zero-order valence-corrected chi connectivity index (χ0v) is 18.1. The minimum absolute atomic E-state index is 0.0791. The first kappa shape index (κ1) is 20.3. The minimum Gasteiger partial charge on any atom is -0.493 e. The maximum Gasteiger partial charge on any atom is 0.223 e. The lowest BCUT2D eigenvalue weighted by molar-refractivity contribution is -0.131. The van der Waals surface area contributed by atoms with Crippen molar-refractivity contribution in [1.29, 1.82) is 0 Å². The number of hydrogen-bond donors (Lipinski definition) is 0. The Morgan fingerprint density at radius 3 is 2.47 bits per heavy atom. The number of rotatable bonds is 6. The average Bonchev–Trinajstić information content (AvgIpc) is 3.29. The van der Waals surface area contributed by atoms with E-state index in [9.17, 15) is 4.79 Å². The Bertz CT molecular complexity index is 1050. The van der Waals surface area contributed by atoms with Gasteiger partial charge < -0.3 is 18.9 Å². The second-order valence-corrected chi connectivity index (χ2v) is 8.69. The molecule has 0 N–H and O–H groups in total. The van der Waals surface area contributed by atoms with E-state index >= 15 is 0 Å². The van der Waals surface area contributed by atoms with Gasteiger partial charge in [0.05, 0.1) is 24.7 Å². The van der Waals surface area contributed by atoms with Gasteiger partial charge >= 0.3 is 0 Å². The number of carbonyl (C=O) groups is 1. The van der Waals surface area contributed by atoms with Crippen LogP contribution in [0.3, 0.4) is 0 Å². The smallest absolute Gasteiger partial charge is 0.223 e. The van der Waals surface area contributed by atoms with Gasteiger partial charge in [-0.2, -0.15) is 0 Å². The molecule has 30 heavy (non-hydrogen) atoms. The molecule has 0 radical (unpaired) electrons. The van der Waals surface area contributed by atoms with Crippen molar-refractivity contribution in [2.24, 2.45) is 0 Å². The van der Waals surface area contributed by atoms with Gasteiger partial charge in [-0.3, -0.25) is 4.79 Å². The number of aromatic nitrogens is 2. The fraction of sp³-hybridized carbons (Fsp3) is 0.417. The third kappa shape index (κ3) is 3.86. The predicted molar refractivity (Wildman–Crippen MR) is 117 cm³/mol. The Labute approximate surface area is 177 Å². The number of nitrogens with zero attached hydrogens (tertiary/aromatic N) is 3. The van der Waals surface area contributed by atoms with Crippen LogP contribution in [-0.4, -0.2) is 46.2 Å². The van der Waals surface area contributed by atoms with E-state index in [1.807, 2.05) is 47.4 Å². The fourth-order valence-corrected chi connectivity index (χ4v) is 4.15. The molecule has 3 aromatic rings. The zero-order chi connectivity index (χ0) is 21.3. The number of fused-ring (bicyclic) bond motifs is 1. The SMILES string of the molecule is COc1ccccc1OCCn1c([C@@H]2CC(=O)N(C(C)(C)C)C2)nc2ccccc21. The van der Waals surface area contributed by atoms with Gasteiger partial charge in [0.15, 0.2) is 11.5 Å². The number of hydrogen-bond acceptors (Lipinski definition) is 4. The fourth-order valence-electron chi connectivity index (χ4n) is 4.15. The molecule has 2 aromatic carbocycles. The van der Waals surface area contributed by atoms with Crippen LogP contribution in [-0.2, 0) is 11.3 Å². The molecule has 6 heteroatoms. The Balaban J connectivity index is 1.59. The summed E-state index contributed by atoms with van der Waals surface area (Å²) in [5.41, 5.74) is 1.83. The molecule has 0 spiro atoms. The number of ether oxygens (including phenoxy) is 2. The zero-order valence-electron chi connectivity index (χ0n) is 18.1. The summed E-state index contributed by atoms with van der Waals surface area (Å²) in [6.45, 7) is 8.07. The molecule has 0 aliphatic carbocycles. The first-order valence-electron chi connectivity index (χ1n) is 10.4. The molecule has 1 fully saturated rings. The molecule has 0 unspecified atom stereocenters. The van der Waals surface area contributed by atoms with Crippen molar-refractivity contribution in [2.75, 3.05) is 20.3 Å². The lowest BCUT2D eigenvalue weighted by atomic mass is 10.1. The molecule has 158 valence electrons. The van der Waals surface area contributed by atoms with Gasteiger partial charge in [-0.15, -0.1) is 0 Å². The second kappa shape index (κ2) is 8.01. The van der Waals surface area contributed by atoms with Crippen LogP contribution in [0, 0.1) is 0 Å². The van der Waals surface area contributed by atoms with Crippen LogP contribution in [0.15, 0.2) is 48.5 Å². The summed E-state index contributed by atoms with van der Waals surface area (Å²) in [6, 6.07) is 15.8. The molecule has 1 aliphatic heterocycles. The van der Waals surface area contributed by atoms with Crippen LogP contribution in [0.5, 0.6) is 11.5 Å². The van der Waals surface area contributed by atoms with Crippen molar-refractivity contribution >= 4 is 16.9 Å². The van der Waals surface area contributed by atoms with E-state index in [-0.39, 0.29) is 17.4 Å². The van der Waals surface area contributed by atoms with Crippen LogP contribution < -0.4 is 9.47 Å². The first-order valence-corrected chi connectivity index (χ1v) is 10.4. The van der Waals surface area contributed by atoms with E-state index in [0.717, 1.165) is 28.4 Å². The number of imidazole rings is 1. The molecule has 1 aromatic heterocycles. The molecule has 1 atom stereocenters. The molecule has 6 nitrogen and oxygen atoms in total. The number of methoxy groups -OCH3 is 1. The lowest BCUT2D eigenvalue weighted by Crippen LogP contribution is -2.42. The highest BCUT2D eigenvalue weighted by Crippen LogP contribution is 2.34. The quantitative estimate of drug-likeness (QED) is 0.613. The molecular formula is C24H29N3O3. The summed E-state index contributed by atoms with van der Waals surface area (Å²) in [5, 5.41) is 0. The highest BCUT2D eigenvalue weighted by atomic mass is 16.5. The van der Waals surface area contributed by atoms with Gasteiger partial charge in [0.1, 0.15) is 12.4 Å². The van der Waals surface area contributed by atoms with Crippen LogP contribution in [0.25, 0.3) is 11.0 Å². The molecular weight excluding hydrogens is 378 g/mol. The lowest BCUT2D eigenvalue weighted by Gasteiger charge is -2.32. The second-order valence-electron chi connectivity index (χ2n) is 8.69. The largest absolute Gasteiger partial charge is 0.493 e. The van der Waals surface area contributed by atoms with Gasteiger partial charge in [0, 0.05) is 24.4 Å². The minimum atomic E-state index is -0.185. The standard InChI is InChI=1S/C24H29N3O3/c1-24(2,3)27-16-17(15-22(27)28)23-25-18-9-5-6-10-19(18)26(23)13-14-30-21-12-8-7-11-20(21)29-4/h5-12,17H,13-16H2,1-4H3/t17-/m1/s1. The van der Waals surface area contributed by atoms with E-state index < -0.39 is 0 Å². The molecule has 0 bridgehead atoms. The Kier molecular flexibility index (Phi) is 5.41. The van der Waals surface area contributed by atoms with Crippen LogP contribution in [0.1, 0.15) is 38.9 Å².